The molecule has 118 valence electrons. The summed E-state index contributed by atoms with van der Waals surface area (Å²) in [5.41, 5.74) is 0.251. The van der Waals surface area contributed by atoms with Gasteiger partial charge in [0.05, 0.1) is 17.3 Å². The summed E-state index contributed by atoms with van der Waals surface area (Å²) < 4.78 is 9.94. The van der Waals surface area contributed by atoms with E-state index in [0.717, 1.165) is 0 Å². The lowest BCUT2D eigenvalue weighted by Crippen LogP contribution is -2.27. The fraction of sp³-hybridized carbons (Fsp3) is 0.286. The third-order valence-corrected chi connectivity index (χ3v) is 3.15. The molecule has 0 spiro atoms. The molecule has 0 aliphatic carbocycles. The van der Waals surface area contributed by atoms with E-state index in [9.17, 15) is 4.79 Å². The molecule has 0 aliphatic rings. The Morgan fingerprint density at radius 2 is 2.09 bits per heavy atom. The molecule has 1 aromatic carbocycles. The van der Waals surface area contributed by atoms with Crippen LogP contribution in [-0.2, 0) is 14.3 Å². The smallest absolute Gasteiger partial charge is 0.267 e. The molecule has 0 heterocycles. The molecule has 0 radical (unpaired) electrons. The zero-order valence-electron chi connectivity index (χ0n) is 12.0. The monoisotopic (exact) mass is 343 g/mol. The number of rotatable bonds is 7. The van der Waals surface area contributed by atoms with Gasteiger partial charge in [0, 0.05) is 25.4 Å². The van der Waals surface area contributed by atoms with Crippen LogP contribution in [-0.4, -0.2) is 33.0 Å². The van der Waals surface area contributed by atoms with Gasteiger partial charge in [-0.15, -0.1) is 0 Å². The van der Waals surface area contributed by atoms with Gasteiger partial charge in [-0.1, -0.05) is 23.2 Å². The van der Waals surface area contributed by atoms with Crippen LogP contribution in [0.4, 0.5) is 5.69 Å². The Labute approximate surface area is 138 Å². The van der Waals surface area contributed by atoms with E-state index in [1.807, 2.05) is 0 Å². The summed E-state index contributed by atoms with van der Waals surface area (Å²) in [6.45, 7) is 0.285. The van der Waals surface area contributed by atoms with E-state index in [2.05, 4.69) is 10.6 Å². The normalized spacial score (nSPS) is 11.2. The van der Waals surface area contributed by atoms with Crippen molar-refractivity contribution in [3.63, 3.8) is 0 Å². The van der Waals surface area contributed by atoms with Crippen molar-refractivity contribution >= 4 is 34.8 Å². The third-order valence-electron chi connectivity index (χ3n) is 2.60. The van der Waals surface area contributed by atoms with Crippen molar-refractivity contribution in [2.45, 2.75) is 6.29 Å². The van der Waals surface area contributed by atoms with Crippen LogP contribution in [0.1, 0.15) is 0 Å². The number of nitrogens with one attached hydrogen (secondary N) is 2. The average Bonchev–Trinajstić information content (AvgIpc) is 2.50. The van der Waals surface area contributed by atoms with Crippen molar-refractivity contribution in [1.82, 2.24) is 5.32 Å². The molecule has 0 atom stereocenters. The number of nitriles is 1. The van der Waals surface area contributed by atoms with Crippen LogP contribution < -0.4 is 10.6 Å². The number of carbonyl (C=O) groups excluding carboxylic acids is 1. The van der Waals surface area contributed by atoms with Gasteiger partial charge in [-0.25, -0.2) is 0 Å². The van der Waals surface area contributed by atoms with Gasteiger partial charge in [0.15, 0.2) is 6.29 Å². The number of carbonyl (C=O) groups is 1. The molecule has 8 heteroatoms. The first-order valence-electron chi connectivity index (χ1n) is 6.17. The molecule has 0 fully saturated rings. The molecule has 1 aromatic rings. The highest BCUT2D eigenvalue weighted by Crippen LogP contribution is 2.25. The predicted molar refractivity (Wildman–Crippen MR) is 84.6 cm³/mol. The molecule has 0 aromatic heterocycles. The van der Waals surface area contributed by atoms with Crippen LogP contribution >= 0.6 is 23.2 Å². The number of hydrogen-bond acceptors (Lipinski definition) is 5. The number of nitrogens with zero attached hydrogens (tertiary/aromatic N) is 1. The van der Waals surface area contributed by atoms with E-state index in [1.54, 1.807) is 18.2 Å². The first kappa shape index (κ1) is 18.3. The second-order valence-corrected chi connectivity index (χ2v) is 4.90. The topological polar surface area (TPSA) is 83.4 Å². The lowest BCUT2D eigenvalue weighted by Gasteiger charge is -2.13. The second kappa shape index (κ2) is 9.28. The Morgan fingerprint density at radius 3 is 2.64 bits per heavy atom. The highest BCUT2D eigenvalue weighted by atomic mass is 35.5. The SMILES string of the molecule is COC(CN/C=C(/C#N)C(=O)Nc1ccc(Cl)cc1Cl)OC. The van der Waals surface area contributed by atoms with E-state index in [-0.39, 0.29) is 17.1 Å². The van der Waals surface area contributed by atoms with Crippen LogP contribution in [0.25, 0.3) is 0 Å². The second-order valence-electron chi connectivity index (χ2n) is 4.06. The summed E-state index contributed by atoms with van der Waals surface area (Å²) >= 11 is 11.7. The van der Waals surface area contributed by atoms with Gasteiger partial charge in [-0.3, -0.25) is 4.79 Å². The molecule has 1 rings (SSSR count). The highest BCUT2D eigenvalue weighted by molar-refractivity contribution is 6.36. The maximum Gasteiger partial charge on any atom is 0.267 e. The number of hydrogen-bond donors (Lipinski definition) is 2. The van der Waals surface area contributed by atoms with E-state index in [4.69, 9.17) is 37.9 Å². The average molecular weight is 344 g/mol. The lowest BCUT2D eigenvalue weighted by atomic mass is 10.2. The van der Waals surface area contributed by atoms with Crippen molar-refractivity contribution in [3.8, 4) is 6.07 Å². The van der Waals surface area contributed by atoms with Crippen molar-refractivity contribution in [2.24, 2.45) is 0 Å². The Bertz CT molecular complexity index is 595. The zero-order chi connectivity index (χ0) is 16.5. The zero-order valence-corrected chi connectivity index (χ0v) is 13.5. The molecule has 0 saturated heterocycles. The van der Waals surface area contributed by atoms with Crippen molar-refractivity contribution < 1.29 is 14.3 Å². The fourth-order valence-corrected chi connectivity index (χ4v) is 1.90. The molecular formula is C14H15Cl2N3O3. The minimum Gasteiger partial charge on any atom is -0.385 e. The van der Waals surface area contributed by atoms with Gasteiger partial charge in [-0.2, -0.15) is 5.26 Å². The molecule has 0 aliphatic heterocycles. The molecular weight excluding hydrogens is 329 g/mol. The van der Waals surface area contributed by atoms with Crippen LogP contribution in [0.3, 0.4) is 0 Å². The van der Waals surface area contributed by atoms with Gasteiger partial charge in [0.2, 0.25) is 0 Å². The fourth-order valence-electron chi connectivity index (χ4n) is 1.45. The number of halogens is 2. The van der Waals surface area contributed by atoms with Crippen molar-refractivity contribution in [3.05, 3.63) is 40.0 Å². The van der Waals surface area contributed by atoms with Crippen LogP contribution in [0, 0.1) is 11.3 Å². The molecule has 1 amide bonds. The van der Waals surface area contributed by atoms with Crippen LogP contribution in [0.5, 0.6) is 0 Å². The standard InChI is InChI=1S/C14H15Cl2N3O3/c1-21-13(22-2)8-18-7-9(6-17)14(20)19-12-4-3-10(15)5-11(12)16/h3-5,7,13,18H,8H2,1-2H3,(H,19,20)/b9-7-. The van der Waals surface area contributed by atoms with E-state index >= 15 is 0 Å². The van der Waals surface area contributed by atoms with Crippen molar-refractivity contribution in [1.29, 1.82) is 5.26 Å². The van der Waals surface area contributed by atoms with Gasteiger partial charge in [-0.05, 0) is 18.2 Å². The van der Waals surface area contributed by atoms with E-state index < -0.39 is 12.2 Å². The van der Waals surface area contributed by atoms with Crippen molar-refractivity contribution in [2.75, 3.05) is 26.1 Å². The number of methoxy groups -OCH3 is 2. The van der Waals surface area contributed by atoms with E-state index in [0.29, 0.717) is 10.7 Å². The maximum atomic E-state index is 12.0. The quantitative estimate of drug-likeness (QED) is 0.451. The van der Waals surface area contributed by atoms with Gasteiger partial charge in [0.1, 0.15) is 11.6 Å². The predicted octanol–water partition coefficient (Wildman–Crippen LogP) is 2.55. The van der Waals surface area contributed by atoms with Crippen LogP contribution in [0.2, 0.25) is 10.0 Å². The number of anilines is 1. The Morgan fingerprint density at radius 1 is 1.41 bits per heavy atom. The minimum absolute atomic E-state index is 0.114. The summed E-state index contributed by atoms with van der Waals surface area (Å²) in [4.78, 5) is 12.0. The summed E-state index contributed by atoms with van der Waals surface area (Å²) in [5.74, 6) is -0.592. The number of amides is 1. The summed E-state index contributed by atoms with van der Waals surface area (Å²) in [6, 6.07) is 6.43. The van der Waals surface area contributed by atoms with Gasteiger partial charge < -0.3 is 20.1 Å². The Balaban J connectivity index is 2.70. The van der Waals surface area contributed by atoms with Gasteiger partial charge in [0.25, 0.3) is 5.91 Å². The first-order valence-corrected chi connectivity index (χ1v) is 6.93. The summed E-state index contributed by atoms with van der Waals surface area (Å²) in [6.07, 6.45) is 0.800. The molecule has 0 unspecified atom stereocenters. The molecule has 6 nitrogen and oxygen atoms in total. The number of ether oxygens (including phenoxy) is 2. The summed E-state index contributed by atoms with van der Waals surface area (Å²) in [5, 5.41) is 15.1. The highest BCUT2D eigenvalue weighted by Gasteiger charge is 2.12. The largest absolute Gasteiger partial charge is 0.385 e. The maximum absolute atomic E-state index is 12.0. The minimum atomic E-state index is -0.592. The molecule has 0 bridgehead atoms. The number of benzene rings is 1. The Hall–Kier alpha value is -1.78. The lowest BCUT2D eigenvalue weighted by molar-refractivity contribution is -0.112. The third kappa shape index (κ3) is 5.54. The van der Waals surface area contributed by atoms with E-state index in [1.165, 1.54) is 26.5 Å². The molecule has 2 N–H and O–H groups in total. The Kier molecular flexibility index (Phi) is 7.71. The molecule has 0 saturated carbocycles. The van der Waals surface area contributed by atoms with Crippen LogP contribution in [0.15, 0.2) is 30.0 Å². The molecule has 22 heavy (non-hydrogen) atoms. The first-order chi connectivity index (χ1) is 10.5. The van der Waals surface area contributed by atoms with Gasteiger partial charge >= 0.3 is 0 Å². The summed E-state index contributed by atoms with van der Waals surface area (Å²) in [7, 11) is 2.97.